The zero-order valence-electron chi connectivity index (χ0n) is 19.5. The van der Waals surface area contributed by atoms with E-state index in [9.17, 15) is 19.5 Å². The van der Waals surface area contributed by atoms with Crippen molar-refractivity contribution in [1.82, 2.24) is 0 Å². The largest absolute Gasteiger partial charge is 0.510 e. The lowest BCUT2D eigenvalue weighted by Crippen LogP contribution is -2.49. The first-order valence-corrected chi connectivity index (χ1v) is 11.1. The summed E-state index contributed by atoms with van der Waals surface area (Å²) in [4.78, 5) is 40.3. The number of aliphatic hydroxyl groups excluding tert-OH is 1. The van der Waals surface area contributed by atoms with Crippen molar-refractivity contribution < 1.29 is 19.5 Å². The smallest absolute Gasteiger partial charge is 0.183 e. The maximum atomic E-state index is 13.8. The minimum absolute atomic E-state index is 0.0288. The van der Waals surface area contributed by atoms with E-state index in [1.165, 1.54) is 5.57 Å². The molecule has 3 aliphatic rings. The van der Waals surface area contributed by atoms with Gasteiger partial charge in [-0.05, 0) is 63.7 Å². The van der Waals surface area contributed by atoms with Gasteiger partial charge in [0, 0.05) is 5.92 Å². The van der Waals surface area contributed by atoms with Crippen LogP contribution < -0.4 is 0 Å². The summed E-state index contributed by atoms with van der Waals surface area (Å²) in [7, 11) is 0. The van der Waals surface area contributed by atoms with Crippen LogP contribution in [0, 0.1) is 34.0 Å². The Morgan fingerprint density at radius 1 is 1.20 bits per heavy atom. The van der Waals surface area contributed by atoms with Crippen LogP contribution in [0.2, 0.25) is 0 Å². The van der Waals surface area contributed by atoms with Gasteiger partial charge < -0.3 is 5.11 Å². The lowest BCUT2D eigenvalue weighted by molar-refractivity contribution is -0.144. The van der Waals surface area contributed by atoms with Gasteiger partial charge in [-0.3, -0.25) is 14.4 Å². The average molecular weight is 413 g/mol. The number of hydrogen-bond donors (Lipinski definition) is 1. The van der Waals surface area contributed by atoms with E-state index in [1.807, 2.05) is 0 Å². The highest BCUT2D eigenvalue weighted by atomic mass is 16.3. The van der Waals surface area contributed by atoms with Crippen molar-refractivity contribution in [3.05, 3.63) is 35.1 Å². The van der Waals surface area contributed by atoms with Crippen LogP contribution in [-0.4, -0.2) is 22.5 Å². The fraction of sp³-hybridized carbons (Fsp3) is 0.654. The molecule has 1 N–H and O–H groups in total. The molecule has 0 aromatic heterocycles. The molecule has 0 aromatic rings. The highest BCUT2D eigenvalue weighted by Crippen LogP contribution is 2.72. The van der Waals surface area contributed by atoms with E-state index in [-0.39, 0.29) is 40.1 Å². The highest BCUT2D eigenvalue weighted by Gasteiger charge is 2.76. The summed E-state index contributed by atoms with van der Waals surface area (Å²) in [5.74, 6) is -1.90. The van der Waals surface area contributed by atoms with Crippen molar-refractivity contribution in [2.45, 2.75) is 74.1 Å². The first kappa shape index (κ1) is 22.7. The third-order valence-corrected chi connectivity index (χ3v) is 8.11. The molecule has 0 radical (unpaired) electrons. The number of rotatable bonds is 6. The molecule has 2 bridgehead atoms. The van der Waals surface area contributed by atoms with Crippen molar-refractivity contribution in [2.75, 3.05) is 0 Å². The summed E-state index contributed by atoms with van der Waals surface area (Å²) >= 11 is 0. The topological polar surface area (TPSA) is 71.4 Å². The number of carbonyl (C=O) groups excluding carboxylic acids is 3. The number of aliphatic hydroxyl groups is 1. The highest BCUT2D eigenvalue weighted by molar-refractivity contribution is 6.32. The van der Waals surface area contributed by atoms with E-state index >= 15 is 0 Å². The molecule has 2 saturated carbocycles. The van der Waals surface area contributed by atoms with E-state index in [1.54, 1.807) is 20.8 Å². The predicted octanol–water partition coefficient (Wildman–Crippen LogP) is 5.54. The predicted molar refractivity (Wildman–Crippen MR) is 118 cm³/mol. The Balaban J connectivity index is 2.06. The number of fused-ring (bicyclic) bond motifs is 1. The zero-order valence-corrected chi connectivity index (χ0v) is 19.5. The molecule has 3 aliphatic carbocycles. The first-order valence-electron chi connectivity index (χ1n) is 11.1. The molecule has 1 spiro atoms. The van der Waals surface area contributed by atoms with Gasteiger partial charge in [-0.2, -0.15) is 0 Å². The quantitative estimate of drug-likeness (QED) is 0.353. The van der Waals surface area contributed by atoms with Gasteiger partial charge >= 0.3 is 0 Å². The van der Waals surface area contributed by atoms with Crippen LogP contribution in [0.25, 0.3) is 0 Å². The van der Waals surface area contributed by atoms with Crippen molar-refractivity contribution >= 4 is 17.3 Å². The lowest BCUT2D eigenvalue weighted by Gasteiger charge is -2.36. The second kappa shape index (κ2) is 7.03. The third-order valence-electron chi connectivity index (χ3n) is 8.11. The van der Waals surface area contributed by atoms with Gasteiger partial charge in [-0.1, -0.05) is 51.5 Å². The Hall–Kier alpha value is -1.97. The van der Waals surface area contributed by atoms with Gasteiger partial charge in [-0.15, -0.1) is 0 Å². The SMILES string of the molecule is C=C(CCC=C(C)C)[C@@H]1C[C@@]23C(=O)C(C(=O)C(C)C)=C(O)[C@@](C)(C[C@@H]2C1(C)C)C3=O. The molecule has 0 heterocycles. The summed E-state index contributed by atoms with van der Waals surface area (Å²) in [6, 6.07) is 0. The minimum Gasteiger partial charge on any atom is -0.510 e. The summed E-state index contributed by atoms with van der Waals surface area (Å²) in [6.07, 6.45) is 4.70. The van der Waals surface area contributed by atoms with Gasteiger partial charge in [0.1, 0.15) is 11.3 Å². The normalized spacial score (nSPS) is 34.4. The van der Waals surface area contributed by atoms with E-state index in [4.69, 9.17) is 0 Å². The zero-order chi connectivity index (χ0) is 22.8. The fourth-order valence-corrected chi connectivity index (χ4v) is 6.36. The monoisotopic (exact) mass is 412 g/mol. The summed E-state index contributed by atoms with van der Waals surface area (Å²) < 4.78 is 0. The van der Waals surface area contributed by atoms with Gasteiger partial charge in [0.05, 0.1) is 10.8 Å². The molecule has 4 heteroatoms. The van der Waals surface area contributed by atoms with Crippen molar-refractivity contribution in [3.8, 4) is 0 Å². The maximum Gasteiger partial charge on any atom is 0.183 e. The molecular formula is C26H36O4. The van der Waals surface area contributed by atoms with Gasteiger partial charge in [0.2, 0.25) is 0 Å². The van der Waals surface area contributed by atoms with Crippen LogP contribution in [-0.2, 0) is 14.4 Å². The summed E-state index contributed by atoms with van der Waals surface area (Å²) in [5, 5.41) is 10.9. The Bertz CT molecular complexity index is 896. The molecule has 4 atom stereocenters. The molecule has 164 valence electrons. The van der Waals surface area contributed by atoms with Gasteiger partial charge in [0.25, 0.3) is 0 Å². The van der Waals surface area contributed by atoms with Crippen molar-refractivity contribution in [1.29, 1.82) is 0 Å². The molecule has 0 aliphatic heterocycles. The van der Waals surface area contributed by atoms with E-state index in [0.29, 0.717) is 12.8 Å². The minimum atomic E-state index is -1.21. The van der Waals surface area contributed by atoms with Crippen LogP contribution in [0.1, 0.15) is 74.1 Å². The van der Waals surface area contributed by atoms with Crippen LogP contribution in [0.15, 0.2) is 35.1 Å². The van der Waals surface area contributed by atoms with Crippen LogP contribution in [0.3, 0.4) is 0 Å². The standard InChI is InChI=1S/C26H36O4/c1-14(2)10-9-11-16(5)17-12-26-18(24(17,6)7)13-25(8,23(26)30)21(28)19(22(26)29)20(27)15(3)4/h10,15,17-18,28H,5,9,11-13H2,1-4,6-8H3/t17-,18+,25+,26-/m0/s1. The number of allylic oxidation sites excluding steroid dienone is 5. The van der Waals surface area contributed by atoms with Gasteiger partial charge in [0.15, 0.2) is 17.3 Å². The Labute approximate surface area is 180 Å². The van der Waals surface area contributed by atoms with E-state index in [0.717, 1.165) is 18.4 Å². The molecule has 3 rings (SSSR count). The molecule has 2 fully saturated rings. The second-order valence-corrected chi connectivity index (χ2v) is 11.0. The Kier molecular flexibility index (Phi) is 5.32. The van der Waals surface area contributed by atoms with Crippen molar-refractivity contribution in [2.24, 2.45) is 34.0 Å². The molecule has 0 aromatic carbocycles. The van der Waals surface area contributed by atoms with Crippen LogP contribution in [0.5, 0.6) is 0 Å². The van der Waals surface area contributed by atoms with Crippen molar-refractivity contribution in [3.63, 3.8) is 0 Å². The molecule has 30 heavy (non-hydrogen) atoms. The lowest BCUT2D eigenvalue weighted by atomic mass is 9.64. The molecule has 4 nitrogen and oxygen atoms in total. The van der Waals surface area contributed by atoms with Crippen LogP contribution in [0.4, 0.5) is 0 Å². The van der Waals surface area contributed by atoms with E-state index in [2.05, 4.69) is 40.3 Å². The molecule has 0 amide bonds. The number of Topliss-reactive ketones (excluding diaryl/α,β-unsaturated/α-hetero) is 3. The Morgan fingerprint density at radius 3 is 2.33 bits per heavy atom. The van der Waals surface area contributed by atoms with Crippen LogP contribution >= 0.6 is 0 Å². The number of hydrogen-bond acceptors (Lipinski definition) is 4. The maximum absolute atomic E-state index is 13.8. The third kappa shape index (κ3) is 2.82. The Morgan fingerprint density at radius 2 is 1.80 bits per heavy atom. The molecular weight excluding hydrogens is 376 g/mol. The number of carbonyl (C=O) groups is 3. The molecule has 0 saturated heterocycles. The fourth-order valence-electron chi connectivity index (χ4n) is 6.36. The van der Waals surface area contributed by atoms with E-state index < -0.39 is 22.5 Å². The average Bonchev–Trinajstić information content (AvgIpc) is 2.99. The van der Waals surface area contributed by atoms with Gasteiger partial charge in [-0.25, -0.2) is 0 Å². The number of ketones is 3. The summed E-state index contributed by atoms with van der Waals surface area (Å²) in [6.45, 7) is 17.9. The summed E-state index contributed by atoms with van der Waals surface area (Å²) in [5.41, 5.74) is -0.476. The second-order valence-electron chi connectivity index (χ2n) is 11.0. The first-order chi connectivity index (χ1) is 13.7. The molecule has 0 unspecified atom stereocenters.